The number of esters is 1. The van der Waals surface area contributed by atoms with E-state index in [2.05, 4.69) is 20.7 Å². The van der Waals surface area contributed by atoms with Gasteiger partial charge in [0, 0.05) is 11.6 Å². The highest BCUT2D eigenvalue weighted by Gasteiger charge is 2.13. The molecule has 1 heterocycles. The molecule has 0 aliphatic rings. The monoisotopic (exact) mass is 345 g/mol. The van der Waals surface area contributed by atoms with E-state index in [1.807, 2.05) is 45.0 Å². The lowest BCUT2D eigenvalue weighted by Gasteiger charge is -2.14. The zero-order valence-electron chi connectivity index (χ0n) is 14.7. The second-order valence-corrected chi connectivity index (χ2v) is 5.75. The summed E-state index contributed by atoms with van der Waals surface area (Å²) < 4.78 is 4.95. The molecule has 1 aromatic heterocycles. The number of aryl methyl sites for hydroxylation is 1. The lowest BCUT2D eigenvalue weighted by atomic mass is 10.1. The average molecular weight is 345 g/mol. The number of ether oxygens (including phenoxy) is 1. The van der Waals surface area contributed by atoms with Crippen molar-refractivity contribution in [2.45, 2.75) is 46.2 Å². The number of hydrogen-bond acceptors (Lipinski definition) is 6. The third kappa shape index (κ3) is 5.66. The van der Waals surface area contributed by atoms with Crippen LogP contribution in [0.3, 0.4) is 0 Å². The van der Waals surface area contributed by atoms with E-state index in [0.29, 0.717) is 5.82 Å². The highest BCUT2D eigenvalue weighted by Crippen LogP contribution is 2.13. The molecule has 8 heteroatoms. The van der Waals surface area contributed by atoms with Gasteiger partial charge < -0.3 is 10.1 Å². The van der Waals surface area contributed by atoms with Crippen LogP contribution in [0.25, 0.3) is 11.4 Å². The number of nitrogens with zero attached hydrogens (tertiary/aromatic N) is 4. The molecule has 134 valence electrons. The van der Waals surface area contributed by atoms with Gasteiger partial charge in [0.1, 0.15) is 0 Å². The van der Waals surface area contributed by atoms with E-state index >= 15 is 0 Å². The second kappa shape index (κ2) is 8.91. The highest BCUT2D eigenvalue weighted by molar-refractivity contribution is 5.80. The van der Waals surface area contributed by atoms with Crippen LogP contribution in [0.2, 0.25) is 0 Å². The molecule has 0 atom stereocenters. The largest absolute Gasteiger partial charge is 0.454 e. The van der Waals surface area contributed by atoms with Crippen molar-refractivity contribution in [3.05, 3.63) is 29.8 Å². The molecule has 8 nitrogen and oxygen atoms in total. The van der Waals surface area contributed by atoms with Crippen molar-refractivity contribution in [3.8, 4) is 11.4 Å². The van der Waals surface area contributed by atoms with E-state index in [9.17, 15) is 9.59 Å². The molecular formula is C17H23N5O3. The standard InChI is InChI=1S/C17H23N5O3/c1-4-14(5-2)18-15(23)11-25-16(24)10-22-20-17(19-21-22)13-8-6-12(3)7-9-13/h6-9,14H,4-5,10-11H2,1-3H3,(H,18,23). The van der Waals surface area contributed by atoms with Crippen molar-refractivity contribution in [1.82, 2.24) is 25.5 Å². The summed E-state index contributed by atoms with van der Waals surface area (Å²) in [5.74, 6) is -0.472. The number of rotatable bonds is 8. The lowest BCUT2D eigenvalue weighted by Crippen LogP contribution is -2.37. The Kier molecular flexibility index (Phi) is 6.62. The fourth-order valence-electron chi connectivity index (χ4n) is 2.20. The average Bonchev–Trinajstić information content (AvgIpc) is 3.07. The van der Waals surface area contributed by atoms with Crippen molar-refractivity contribution in [1.29, 1.82) is 0 Å². The first kappa shape index (κ1) is 18.6. The Labute approximate surface area is 146 Å². The Morgan fingerprint density at radius 3 is 2.52 bits per heavy atom. The Morgan fingerprint density at radius 1 is 1.20 bits per heavy atom. The molecule has 0 aliphatic heterocycles. The first-order valence-corrected chi connectivity index (χ1v) is 8.31. The summed E-state index contributed by atoms with van der Waals surface area (Å²) in [6.07, 6.45) is 1.67. The Balaban J connectivity index is 1.83. The van der Waals surface area contributed by atoms with Gasteiger partial charge in [0.15, 0.2) is 13.2 Å². The number of benzene rings is 1. The molecule has 0 saturated heterocycles. The van der Waals surface area contributed by atoms with E-state index in [-0.39, 0.29) is 25.1 Å². The molecule has 25 heavy (non-hydrogen) atoms. The Bertz CT molecular complexity index is 707. The minimum absolute atomic E-state index is 0.0975. The summed E-state index contributed by atoms with van der Waals surface area (Å²) >= 11 is 0. The van der Waals surface area contributed by atoms with Crippen LogP contribution in [0.15, 0.2) is 24.3 Å². The van der Waals surface area contributed by atoms with Gasteiger partial charge in [-0.3, -0.25) is 4.79 Å². The molecule has 0 aliphatic carbocycles. The van der Waals surface area contributed by atoms with Gasteiger partial charge in [-0.25, -0.2) is 4.79 Å². The van der Waals surface area contributed by atoms with Crippen LogP contribution in [0.1, 0.15) is 32.3 Å². The molecule has 0 saturated carbocycles. The summed E-state index contributed by atoms with van der Waals surface area (Å²) in [5, 5.41) is 14.7. The number of aromatic nitrogens is 4. The van der Waals surface area contributed by atoms with E-state index < -0.39 is 5.97 Å². The van der Waals surface area contributed by atoms with Crippen LogP contribution in [0.4, 0.5) is 0 Å². The molecule has 0 fully saturated rings. The van der Waals surface area contributed by atoms with Gasteiger partial charge in [-0.2, -0.15) is 4.80 Å². The third-order valence-electron chi connectivity index (χ3n) is 3.75. The first-order chi connectivity index (χ1) is 12.0. The summed E-state index contributed by atoms with van der Waals surface area (Å²) in [5.41, 5.74) is 1.95. The topological polar surface area (TPSA) is 99.0 Å². The van der Waals surface area contributed by atoms with E-state index in [1.165, 1.54) is 0 Å². The van der Waals surface area contributed by atoms with Crippen LogP contribution >= 0.6 is 0 Å². The van der Waals surface area contributed by atoms with Crippen molar-refractivity contribution < 1.29 is 14.3 Å². The summed E-state index contributed by atoms with van der Waals surface area (Å²) in [4.78, 5) is 24.7. The SMILES string of the molecule is CCC(CC)NC(=O)COC(=O)Cn1nnc(-c2ccc(C)cc2)n1. The predicted molar refractivity (Wildman–Crippen MR) is 91.5 cm³/mol. The van der Waals surface area contributed by atoms with Crippen LogP contribution in [-0.2, 0) is 20.9 Å². The minimum atomic E-state index is -0.590. The van der Waals surface area contributed by atoms with Gasteiger partial charge >= 0.3 is 5.97 Å². The lowest BCUT2D eigenvalue weighted by molar-refractivity contribution is -0.149. The summed E-state index contributed by atoms with van der Waals surface area (Å²) in [7, 11) is 0. The van der Waals surface area contributed by atoms with E-state index in [0.717, 1.165) is 28.8 Å². The second-order valence-electron chi connectivity index (χ2n) is 5.75. The van der Waals surface area contributed by atoms with Gasteiger partial charge in [-0.1, -0.05) is 43.7 Å². The van der Waals surface area contributed by atoms with E-state index in [1.54, 1.807) is 0 Å². The number of carbonyl (C=O) groups is 2. The van der Waals surface area contributed by atoms with Crippen LogP contribution in [0, 0.1) is 6.92 Å². The normalized spacial score (nSPS) is 10.7. The highest BCUT2D eigenvalue weighted by atomic mass is 16.5. The molecule has 2 rings (SSSR count). The van der Waals surface area contributed by atoms with Crippen molar-refractivity contribution in [2.75, 3.05) is 6.61 Å². The Hall–Kier alpha value is -2.77. The minimum Gasteiger partial charge on any atom is -0.454 e. The smallest absolute Gasteiger partial charge is 0.330 e. The number of carbonyl (C=O) groups excluding carboxylic acids is 2. The fraction of sp³-hybridized carbons (Fsp3) is 0.471. The fourth-order valence-corrected chi connectivity index (χ4v) is 2.20. The van der Waals surface area contributed by atoms with Crippen molar-refractivity contribution >= 4 is 11.9 Å². The molecule has 1 aromatic carbocycles. The number of tetrazole rings is 1. The number of nitrogens with one attached hydrogen (secondary N) is 1. The van der Waals surface area contributed by atoms with Gasteiger partial charge in [-0.15, -0.1) is 10.2 Å². The third-order valence-corrected chi connectivity index (χ3v) is 3.75. The Morgan fingerprint density at radius 2 is 1.88 bits per heavy atom. The molecule has 1 amide bonds. The van der Waals surface area contributed by atoms with Crippen LogP contribution in [0.5, 0.6) is 0 Å². The van der Waals surface area contributed by atoms with E-state index in [4.69, 9.17) is 4.74 Å². The van der Waals surface area contributed by atoms with Gasteiger partial charge in [-0.05, 0) is 25.0 Å². The summed E-state index contributed by atoms with van der Waals surface area (Å²) in [6, 6.07) is 7.76. The number of amides is 1. The van der Waals surface area contributed by atoms with Crippen molar-refractivity contribution in [2.24, 2.45) is 0 Å². The van der Waals surface area contributed by atoms with Crippen LogP contribution < -0.4 is 5.32 Å². The predicted octanol–water partition coefficient (Wildman–Crippen LogP) is 1.50. The molecule has 2 aromatic rings. The molecule has 0 unspecified atom stereocenters. The zero-order valence-corrected chi connectivity index (χ0v) is 14.7. The quantitative estimate of drug-likeness (QED) is 0.728. The zero-order chi connectivity index (χ0) is 18.2. The van der Waals surface area contributed by atoms with Crippen LogP contribution in [-0.4, -0.2) is 44.7 Å². The summed E-state index contributed by atoms with van der Waals surface area (Å²) in [6.45, 7) is 5.46. The maximum atomic E-state index is 11.8. The molecule has 0 bridgehead atoms. The van der Waals surface area contributed by atoms with Crippen molar-refractivity contribution in [3.63, 3.8) is 0 Å². The van der Waals surface area contributed by atoms with Gasteiger partial charge in [0.2, 0.25) is 5.82 Å². The number of hydrogen-bond donors (Lipinski definition) is 1. The maximum Gasteiger partial charge on any atom is 0.330 e. The molecular weight excluding hydrogens is 322 g/mol. The van der Waals surface area contributed by atoms with Gasteiger partial charge in [0.25, 0.3) is 5.91 Å². The van der Waals surface area contributed by atoms with Gasteiger partial charge in [0.05, 0.1) is 0 Å². The molecule has 0 radical (unpaired) electrons. The molecule has 0 spiro atoms. The maximum absolute atomic E-state index is 11.8. The first-order valence-electron chi connectivity index (χ1n) is 8.31. The molecule has 1 N–H and O–H groups in total.